The molecule has 1 aliphatic carbocycles. The maximum atomic E-state index is 12.8. The van der Waals surface area contributed by atoms with Gasteiger partial charge in [0.05, 0.1) is 12.2 Å². The summed E-state index contributed by atoms with van der Waals surface area (Å²) < 4.78 is 5.52. The first-order chi connectivity index (χ1) is 12.2. The van der Waals surface area contributed by atoms with Crippen LogP contribution in [0.2, 0.25) is 0 Å². The fraction of sp³-hybridized carbons (Fsp3) is 0.400. The highest BCUT2D eigenvalue weighted by Gasteiger charge is 2.38. The van der Waals surface area contributed by atoms with E-state index in [1.54, 1.807) is 6.26 Å². The molecule has 0 spiro atoms. The molecular weight excluding hydrogens is 316 g/mol. The lowest BCUT2D eigenvalue weighted by molar-refractivity contribution is -0.129. The summed E-state index contributed by atoms with van der Waals surface area (Å²) >= 11 is 0. The van der Waals surface area contributed by atoms with Crippen LogP contribution >= 0.6 is 0 Å². The van der Waals surface area contributed by atoms with Gasteiger partial charge in [-0.05, 0) is 36.5 Å². The van der Waals surface area contributed by atoms with Crippen LogP contribution in [0.25, 0.3) is 0 Å². The van der Waals surface area contributed by atoms with Crippen LogP contribution in [0, 0.1) is 11.8 Å². The van der Waals surface area contributed by atoms with Crippen LogP contribution in [0.3, 0.4) is 0 Å². The zero-order valence-electron chi connectivity index (χ0n) is 14.1. The minimum absolute atomic E-state index is 0.0862. The van der Waals surface area contributed by atoms with Crippen molar-refractivity contribution in [3.05, 3.63) is 60.1 Å². The summed E-state index contributed by atoms with van der Waals surface area (Å²) in [4.78, 5) is 26.8. The lowest BCUT2D eigenvalue weighted by atomic mass is 10.0. The molecule has 130 valence electrons. The second-order valence-electron chi connectivity index (χ2n) is 7.01. The highest BCUT2D eigenvalue weighted by atomic mass is 16.3. The van der Waals surface area contributed by atoms with Gasteiger partial charge in [0, 0.05) is 19.5 Å². The van der Waals surface area contributed by atoms with Crippen molar-refractivity contribution < 1.29 is 14.0 Å². The molecule has 2 amide bonds. The average Bonchev–Trinajstić information content (AvgIpc) is 3.13. The molecule has 2 atom stereocenters. The highest BCUT2D eigenvalue weighted by molar-refractivity contribution is 5.89. The zero-order chi connectivity index (χ0) is 17.2. The van der Waals surface area contributed by atoms with Crippen LogP contribution in [0.15, 0.2) is 53.1 Å². The summed E-state index contributed by atoms with van der Waals surface area (Å²) in [5.41, 5.74) is 0.963. The topological polar surface area (TPSA) is 62.6 Å². The first-order valence-electron chi connectivity index (χ1n) is 8.87. The quantitative estimate of drug-likeness (QED) is 0.881. The van der Waals surface area contributed by atoms with Gasteiger partial charge >= 0.3 is 0 Å². The molecule has 2 aromatic rings. The van der Waals surface area contributed by atoms with Crippen LogP contribution in [0.4, 0.5) is 0 Å². The lowest BCUT2D eigenvalue weighted by Gasteiger charge is -2.20. The van der Waals surface area contributed by atoms with E-state index in [4.69, 9.17) is 4.42 Å². The maximum Gasteiger partial charge on any atom is 0.226 e. The van der Waals surface area contributed by atoms with Gasteiger partial charge in [0.2, 0.25) is 11.8 Å². The number of nitrogens with zero attached hydrogens (tertiary/aromatic N) is 1. The third-order valence-electron chi connectivity index (χ3n) is 5.01. The van der Waals surface area contributed by atoms with E-state index in [1.165, 1.54) is 12.8 Å². The molecule has 0 radical (unpaired) electrons. The molecule has 1 aliphatic heterocycles. The van der Waals surface area contributed by atoms with Gasteiger partial charge in [-0.25, -0.2) is 0 Å². The van der Waals surface area contributed by atoms with Gasteiger partial charge in [-0.3, -0.25) is 9.59 Å². The Hall–Kier alpha value is -2.56. The van der Waals surface area contributed by atoms with Crippen molar-refractivity contribution in [2.45, 2.75) is 25.3 Å². The molecule has 1 saturated carbocycles. The Bertz CT molecular complexity index is 738. The molecule has 1 aromatic heterocycles. The third kappa shape index (κ3) is 3.60. The van der Waals surface area contributed by atoms with Gasteiger partial charge in [0.15, 0.2) is 0 Å². The SMILES string of the molecule is O=C(N[C@@H](c1ccccc1)c1ccco1)[C@@H]1CC(=O)N(CC2CC2)C1. The standard InChI is InChI=1S/C20H22N2O3/c23-18-11-16(13-22(18)12-14-8-9-14)20(24)21-19(17-7-4-10-25-17)15-5-2-1-3-6-15/h1-7,10,14,16,19H,8-9,11-13H2,(H,21,24)/t16-,19+/m1/s1. The van der Waals surface area contributed by atoms with Gasteiger partial charge in [-0.1, -0.05) is 30.3 Å². The van der Waals surface area contributed by atoms with Gasteiger partial charge in [0.25, 0.3) is 0 Å². The predicted octanol–water partition coefficient (Wildman–Crippen LogP) is 2.74. The van der Waals surface area contributed by atoms with Crippen molar-refractivity contribution in [2.24, 2.45) is 11.8 Å². The summed E-state index contributed by atoms with van der Waals surface area (Å²) in [5, 5.41) is 3.08. The van der Waals surface area contributed by atoms with Crippen LogP contribution in [0.5, 0.6) is 0 Å². The van der Waals surface area contributed by atoms with Gasteiger partial charge in [0.1, 0.15) is 11.8 Å². The lowest BCUT2D eigenvalue weighted by Crippen LogP contribution is -2.36. The maximum absolute atomic E-state index is 12.8. The summed E-state index contributed by atoms with van der Waals surface area (Å²) in [6, 6.07) is 13.1. The van der Waals surface area contributed by atoms with E-state index in [-0.39, 0.29) is 23.8 Å². The van der Waals surface area contributed by atoms with E-state index < -0.39 is 0 Å². The highest BCUT2D eigenvalue weighted by Crippen LogP contribution is 2.32. The van der Waals surface area contributed by atoms with Gasteiger partial charge in [-0.2, -0.15) is 0 Å². The number of nitrogens with one attached hydrogen (secondary N) is 1. The minimum Gasteiger partial charge on any atom is -0.467 e. The Kier molecular flexibility index (Phi) is 4.30. The first kappa shape index (κ1) is 15.9. The third-order valence-corrected chi connectivity index (χ3v) is 5.01. The number of furan rings is 1. The second-order valence-corrected chi connectivity index (χ2v) is 7.01. The van der Waals surface area contributed by atoms with Crippen molar-refractivity contribution in [3.8, 4) is 0 Å². The van der Waals surface area contributed by atoms with Crippen molar-refractivity contribution >= 4 is 11.8 Å². The molecule has 1 aromatic carbocycles. The van der Waals surface area contributed by atoms with E-state index in [0.717, 1.165) is 12.1 Å². The van der Waals surface area contributed by atoms with E-state index in [9.17, 15) is 9.59 Å². The number of amides is 2. The average molecular weight is 338 g/mol. The molecule has 2 aliphatic rings. The fourth-order valence-electron chi connectivity index (χ4n) is 3.42. The number of likely N-dealkylation sites (tertiary alicyclic amines) is 1. The Labute approximate surface area is 147 Å². The number of benzene rings is 1. The molecule has 4 rings (SSSR count). The largest absolute Gasteiger partial charge is 0.467 e. The molecule has 5 heteroatoms. The Morgan fingerprint density at radius 3 is 2.68 bits per heavy atom. The van der Waals surface area contributed by atoms with E-state index in [0.29, 0.717) is 24.6 Å². The molecule has 2 fully saturated rings. The summed E-state index contributed by atoms with van der Waals surface area (Å²) in [7, 11) is 0. The monoisotopic (exact) mass is 338 g/mol. The summed E-state index contributed by atoms with van der Waals surface area (Å²) in [5.74, 6) is 1.07. The van der Waals surface area contributed by atoms with Crippen LogP contribution in [-0.2, 0) is 9.59 Å². The van der Waals surface area contributed by atoms with Crippen molar-refractivity contribution in [3.63, 3.8) is 0 Å². The van der Waals surface area contributed by atoms with Crippen molar-refractivity contribution in [1.82, 2.24) is 10.2 Å². The van der Waals surface area contributed by atoms with Crippen LogP contribution in [0.1, 0.15) is 36.6 Å². The van der Waals surface area contributed by atoms with Crippen LogP contribution in [-0.4, -0.2) is 29.8 Å². The minimum atomic E-state index is -0.337. The molecule has 2 heterocycles. The van der Waals surface area contributed by atoms with Crippen molar-refractivity contribution in [2.75, 3.05) is 13.1 Å². The van der Waals surface area contributed by atoms with E-state index in [2.05, 4.69) is 5.32 Å². The number of carbonyl (C=O) groups is 2. The molecular formula is C20H22N2O3. The molecule has 1 saturated heterocycles. The summed E-state index contributed by atoms with van der Waals surface area (Å²) in [6.45, 7) is 1.34. The summed E-state index contributed by atoms with van der Waals surface area (Å²) in [6.07, 6.45) is 4.32. The van der Waals surface area contributed by atoms with E-state index >= 15 is 0 Å². The smallest absolute Gasteiger partial charge is 0.226 e. The molecule has 0 bridgehead atoms. The number of carbonyl (C=O) groups excluding carboxylic acids is 2. The normalized spacial score (nSPS) is 21.4. The first-order valence-corrected chi connectivity index (χ1v) is 8.87. The molecule has 1 N–H and O–H groups in total. The Balaban J connectivity index is 1.46. The number of hydrogen-bond donors (Lipinski definition) is 1. The van der Waals surface area contributed by atoms with Gasteiger partial charge < -0.3 is 14.6 Å². The van der Waals surface area contributed by atoms with Crippen LogP contribution < -0.4 is 5.32 Å². The molecule has 5 nitrogen and oxygen atoms in total. The predicted molar refractivity (Wildman–Crippen MR) is 92.5 cm³/mol. The number of hydrogen-bond acceptors (Lipinski definition) is 3. The Morgan fingerprint density at radius 2 is 2.00 bits per heavy atom. The van der Waals surface area contributed by atoms with Gasteiger partial charge in [-0.15, -0.1) is 0 Å². The fourth-order valence-corrected chi connectivity index (χ4v) is 3.42. The van der Waals surface area contributed by atoms with E-state index in [1.807, 2.05) is 47.4 Å². The molecule has 25 heavy (non-hydrogen) atoms. The number of rotatable bonds is 6. The Morgan fingerprint density at radius 1 is 1.20 bits per heavy atom. The van der Waals surface area contributed by atoms with Crippen molar-refractivity contribution in [1.29, 1.82) is 0 Å². The molecule has 0 unspecified atom stereocenters. The second kappa shape index (κ2) is 6.75. The zero-order valence-corrected chi connectivity index (χ0v) is 14.1.